The maximum atomic E-state index is 12.4. The number of rotatable bonds is 7. The van der Waals surface area contributed by atoms with Gasteiger partial charge in [0, 0.05) is 11.7 Å². The summed E-state index contributed by atoms with van der Waals surface area (Å²) in [6, 6.07) is 10.6. The first-order chi connectivity index (χ1) is 12.5. The lowest BCUT2D eigenvalue weighted by molar-refractivity contribution is -0.124. The van der Waals surface area contributed by atoms with E-state index in [-0.39, 0.29) is 42.6 Å². The molecule has 1 aromatic carbocycles. The van der Waals surface area contributed by atoms with E-state index in [1.165, 1.54) is 11.2 Å². The molecule has 136 valence electrons. The quantitative estimate of drug-likeness (QED) is 0.794. The summed E-state index contributed by atoms with van der Waals surface area (Å²) in [5.41, 5.74) is 1.76. The van der Waals surface area contributed by atoms with Gasteiger partial charge in [-0.2, -0.15) is 0 Å². The SMILES string of the molecule is Cc1ccc(NC(=O)CNC(=O)CN(C(=O)c2ccco2)C2CC2)cc1. The highest BCUT2D eigenvalue weighted by atomic mass is 16.3. The van der Waals surface area contributed by atoms with E-state index in [1.807, 2.05) is 19.1 Å². The van der Waals surface area contributed by atoms with Crippen molar-refractivity contribution in [1.29, 1.82) is 0 Å². The van der Waals surface area contributed by atoms with Gasteiger partial charge in [-0.3, -0.25) is 14.4 Å². The summed E-state index contributed by atoms with van der Waals surface area (Å²) < 4.78 is 5.12. The van der Waals surface area contributed by atoms with Crippen molar-refractivity contribution >= 4 is 23.4 Å². The number of carbonyl (C=O) groups excluding carboxylic acids is 3. The van der Waals surface area contributed by atoms with Crippen LogP contribution >= 0.6 is 0 Å². The van der Waals surface area contributed by atoms with Crippen LogP contribution < -0.4 is 10.6 Å². The van der Waals surface area contributed by atoms with Crippen molar-refractivity contribution in [2.75, 3.05) is 18.4 Å². The fourth-order valence-electron chi connectivity index (χ4n) is 2.53. The highest BCUT2D eigenvalue weighted by Gasteiger charge is 2.35. The van der Waals surface area contributed by atoms with Gasteiger partial charge in [-0.1, -0.05) is 17.7 Å². The Morgan fingerprint density at radius 1 is 1.12 bits per heavy atom. The Labute approximate surface area is 151 Å². The molecule has 0 radical (unpaired) electrons. The smallest absolute Gasteiger partial charge is 0.290 e. The molecule has 2 N–H and O–H groups in total. The van der Waals surface area contributed by atoms with Gasteiger partial charge in [0.1, 0.15) is 6.54 Å². The molecular formula is C19H21N3O4. The first-order valence-electron chi connectivity index (χ1n) is 8.50. The van der Waals surface area contributed by atoms with Crippen LogP contribution in [0.1, 0.15) is 29.0 Å². The van der Waals surface area contributed by atoms with Crippen LogP contribution in [0.4, 0.5) is 5.69 Å². The van der Waals surface area contributed by atoms with Crippen molar-refractivity contribution in [3.63, 3.8) is 0 Å². The zero-order valence-electron chi connectivity index (χ0n) is 14.5. The van der Waals surface area contributed by atoms with Crippen LogP contribution in [0.3, 0.4) is 0 Å². The predicted molar refractivity (Wildman–Crippen MR) is 95.6 cm³/mol. The van der Waals surface area contributed by atoms with Crippen LogP contribution in [-0.4, -0.2) is 41.8 Å². The van der Waals surface area contributed by atoms with Crippen molar-refractivity contribution in [2.45, 2.75) is 25.8 Å². The van der Waals surface area contributed by atoms with Crippen LogP contribution in [-0.2, 0) is 9.59 Å². The third-order valence-electron chi connectivity index (χ3n) is 4.08. The molecule has 1 saturated carbocycles. The Morgan fingerprint density at radius 3 is 2.46 bits per heavy atom. The Kier molecular flexibility index (Phi) is 5.36. The third kappa shape index (κ3) is 4.72. The molecule has 0 unspecified atom stereocenters. The molecule has 1 aliphatic rings. The Bertz CT molecular complexity index is 780. The summed E-state index contributed by atoms with van der Waals surface area (Å²) in [6.07, 6.45) is 3.16. The number of hydrogen-bond donors (Lipinski definition) is 2. The second kappa shape index (κ2) is 7.86. The highest BCUT2D eigenvalue weighted by Crippen LogP contribution is 2.28. The van der Waals surface area contributed by atoms with Crippen molar-refractivity contribution in [3.8, 4) is 0 Å². The van der Waals surface area contributed by atoms with Gasteiger partial charge in [-0.25, -0.2) is 0 Å². The van der Waals surface area contributed by atoms with E-state index >= 15 is 0 Å². The Hall–Kier alpha value is -3.09. The molecular weight excluding hydrogens is 334 g/mol. The first kappa shape index (κ1) is 17.7. The normalized spacial score (nSPS) is 13.1. The third-order valence-corrected chi connectivity index (χ3v) is 4.08. The fraction of sp³-hybridized carbons (Fsp3) is 0.316. The van der Waals surface area contributed by atoms with Crippen LogP contribution in [0.15, 0.2) is 47.1 Å². The number of nitrogens with zero attached hydrogens (tertiary/aromatic N) is 1. The van der Waals surface area contributed by atoms with Crippen LogP contribution in [0.25, 0.3) is 0 Å². The van der Waals surface area contributed by atoms with Gasteiger partial charge < -0.3 is 20.0 Å². The van der Waals surface area contributed by atoms with Gasteiger partial charge >= 0.3 is 0 Å². The summed E-state index contributed by atoms with van der Waals surface area (Å²) in [7, 11) is 0. The summed E-state index contributed by atoms with van der Waals surface area (Å²) in [6.45, 7) is 1.71. The van der Waals surface area contributed by atoms with E-state index in [0.29, 0.717) is 5.69 Å². The zero-order chi connectivity index (χ0) is 18.5. The minimum Gasteiger partial charge on any atom is -0.459 e. The van der Waals surface area contributed by atoms with Crippen LogP contribution in [0.5, 0.6) is 0 Å². The van der Waals surface area contributed by atoms with E-state index in [0.717, 1.165) is 18.4 Å². The van der Waals surface area contributed by atoms with Crippen molar-refractivity contribution in [1.82, 2.24) is 10.2 Å². The number of furan rings is 1. The highest BCUT2D eigenvalue weighted by molar-refractivity contribution is 5.97. The van der Waals surface area contributed by atoms with Crippen molar-refractivity contribution in [2.24, 2.45) is 0 Å². The van der Waals surface area contributed by atoms with Gasteiger partial charge in [0.2, 0.25) is 11.8 Å². The number of amides is 3. The maximum Gasteiger partial charge on any atom is 0.290 e. The maximum absolute atomic E-state index is 12.4. The van der Waals surface area contributed by atoms with Gasteiger partial charge in [-0.05, 0) is 44.0 Å². The van der Waals surface area contributed by atoms with E-state index in [9.17, 15) is 14.4 Å². The van der Waals surface area contributed by atoms with Crippen molar-refractivity contribution < 1.29 is 18.8 Å². The van der Waals surface area contributed by atoms with Crippen LogP contribution in [0.2, 0.25) is 0 Å². The lowest BCUT2D eigenvalue weighted by atomic mass is 10.2. The fourth-order valence-corrected chi connectivity index (χ4v) is 2.53. The molecule has 1 fully saturated rings. The van der Waals surface area contributed by atoms with Gasteiger partial charge in [0.15, 0.2) is 5.76 Å². The summed E-state index contributed by atoms with van der Waals surface area (Å²) in [4.78, 5) is 38.0. The van der Waals surface area contributed by atoms with E-state index < -0.39 is 0 Å². The number of benzene rings is 1. The minimum absolute atomic E-state index is 0.0553. The number of nitrogens with one attached hydrogen (secondary N) is 2. The largest absolute Gasteiger partial charge is 0.459 e. The van der Waals surface area contributed by atoms with Crippen molar-refractivity contribution in [3.05, 3.63) is 54.0 Å². The molecule has 3 amide bonds. The second-order valence-electron chi connectivity index (χ2n) is 6.33. The Balaban J connectivity index is 1.48. The summed E-state index contributed by atoms with van der Waals surface area (Å²) >= 11 is 0. The minimum atomic E-state index is -0.379. The number of hydrogen-bond acceptors (Lipinski definition) is 4. The van der Waals surface area contributed by atoms with Crippen LogP contribution in [0, 0.1) is 6.92 Å². The van der Waals surface area contributed by atoms with E-state index in [4.69, 9.17) is 4.42 Å². The summed E-state index contributed by atoms with van der Waals surface area (Å²) in [5, 5.41) is 5.26. The molecule has 26 heavy (non-hydrogen) atoms. The number of carbonyl (C=O) groups is 3. The van der Waals surface area contributed by atoms with E-state index in [2.05, 4.69) is 10.6 Å². The molecule has 3 rings (SSSR count). The molecule has 0 bridgehead atoms. The topological polar surface area (TPSA) is 91.7 Å². The zero-order valence-corrected chi connectivity index (χ0v) is 14.5. The van der Waals surface area contributed by atoms with Gasteiger partial charge in [0.25, 0.3) is 5.91 Å². The number of anilines is 1. The predicted octanol–water partition coefficient (Wildman–Crippen LogP) is 1.95. The molecule has 0 saturated heterocycles. The molecule has 0 atom stereocenters. The second-order valence-corrected chi connectivity index (χ2v) is 6.33. The Morgan fingerprint density at radius 2 is 1.85 bits per heavy atom. The molecule has 1 aromatic heterocycles. The molecule has 7 heteroatoms. The van der Waals surface area contributed by atoms with Gasteiger partial charge in [-0.15, -0.1) is 0 Å². The average molecular weight is 355 g/mol. The monoisotopic (exact) mass is 355 g/mol. The molecule has 2 aromatic rings. The lowest BCUT2D eigenvalue weighted by Crippen LogP contribution is -2.43. The first-order valence-corrected chi connectivity index (χ1v) is 8.50. The van der Waals surface area contributed by atoms with Gasteiger partial charge in [0.05, 0.1) is 12.8 Å². The number of aryl methyl sites for hydroxylation is 1. The molecule has 0 aliphatic heterocycles. The molecule has 0 spiro atoms. The van der Waals surface area contributed by atoms with E-state index in [1.54, 1.807) is 24.3 Å². The summed E-state index contributed by atoms with van der Waals surface area (Å²) in [5.74, 6) is -0.799. The standard InChI is InChI=1S/C19H21N3O4/c1-13-4-6-14(7-5-13)21-17(23)11-20-18(24)12-22(15-8-9-15)19(25)16-3-2-10-26-16/h2-7,10,15H,8-9,11-12H2,1H3,(H,20,24)(H,21,23). The molecule has 7 nitrogen and oxygen atoms in total. The molecule has 1 heterocycles. The molecule has 1 aliphatic carbocycles. The lowest BCUT2D eigenvalue weighted by Gasteiger charge is -2.20. The average Bonchev–Trinajstić information content (AvgIpc) is 3.32.